The number of aryl methyl sites for hydroxylation is 2. The molecule has 7 heteroatoms. The summed E-state index contributed by atoms with van der Waals surface area (Å²) in [6, 6.07) is 15.5. The van der Waals surface area contributed by atoms with Crippen LogP contribution < -0.4 is 10.2 Å². The van der Waals surface area contributed by atoms with E-state index >= 15 is 0 Å². The van der Waals surface area contributed by atoms with Crippen LogP contribution in [0, 0.1) is 12.8 Å². The Morgan fingerprint density at radius 2 is 1.90 bits per heavy atom. The minimum Gasteiger partial charge on any atom is -0.326 e. The molecule has 152 valence electrons. The summed E-state index contributed by atoms with van der Waals surface area (Å²) in [6.45, 7) is 3.42. The fourth-order valence-corrected chi connectivity index (χ4v) is 4.82. The fourth-order valence-electron chi connectivity index (χ4n) is 3.87. The highest BCUT2D eigenvalue weighted by Crippen LogP contribution is 2.30. The maximum atomic E-state index is 12.7. The summed E-state index contributed by atoms with van der Waals surface area (Å²) in [5.41, 5.74) is 4.69. The third-order valence-corrected chi connectivity index (χ3v) is 6.56. The first-order valence-electron chi connectivity index (χ1n) is 10.0. The van der Waals surface area contributed by atoms with Crippen LogP contribution in [0.3, 0.4) is 0 Å². The van der Waals surface area contributed by atoms with Crippen LogP contribution in [0.1, 0.15) is 12.0 Å². The lowest BCUT2D eigenvalue weighted by Crippen LogP contribution is -2.28. The predicted octanol–water partition coefficient (Wildman–Crippen LogP) is 3.96. The molecule has 2 amide bonds. The molecule has 0 radical (unpaired) electrons. The molecule has 30 heavy (non-hydrogen) atoms. The van der Waals surface area contributed by atoms with Crippen molar-refractivity contribution in [2.45, 2.75) is 25.0 Å². The van der Waals surface area contributed by atoms with E-state index in [1.165, 1.54) is 0 Å². The lowest BCUT2D eigenvalue weighted by atomic mass is 10.1. The number of benzene rings is 2. The van der Waals surface area contributed by atoms with E-state index in [1.807, 2.05) is 55.5 Å². The minimum absolute atomic E-state index is 0.0138. The summed E-state index contributed by atoms with van der Waals surface area (Å²) < 4.78 is 2.17. The number of carbonyl (C=O) groups is 2. The van der Waals surface area contributed by atoms with E-state index in [4.69, 9.17) is 0 Å². The third-order valence-electron chi connectivity index (χ3n) is 5.59. The average molecular weight is 419 g/mol. The van der Waals surface area contributed by atoms with Gasteiger partial charge in [0.15, 0.2) is 5.16 Å². The molecular formula is C23H22N4O2S. The zero-order valence-electron chi connectivity index (χ0n) is 16.7. The van der Waals surface area contributed by atoms with Gasteiger partial charge in [0.05, 0.1) is 11.6 Å². The SMILES string of the molecule is Cc1ccc(N2CC(C(=O)Nc3ccc(-c4cn5c(n4)SCC5)cc3)CC2=O)cc1. The zero-order chi connectivity index (χ0) is 20.7. The summed E-state index contributed by atoms with van der Waals surface area (Å²) in [4.78, 5) is 31.5. The number of hydrogen-bond acceptors (Lipinski definition) is 4. The molecular weight excluding hydrogens is 396 g/mol. The summed E-state index contributed by atoms with van der Waals surface area (Å²) in [5, 5.41) is 4.02. The van der Waals surface area contributed by atoms with E-state index in [9.17, 15) is 9.59 Å². The molecule has 3 heterocycles. The fraction of sp³-hybridized carbons (Fsp3) is 0.261. The van der Waals surface area contributed by atoms with E-state index < -0.39 is 0 Å². The van der Waals surface area contributed by atoms with Crippen molar-refractivity contribution in [3.63, 3.8) is 0 Å². The molecule has 1 atom stereocenters. The zero-order valence-corrected chi connectivity index (χ0v) is 17.5. The number of nitrogens with zero attached hydrogens (tertiary/aromatic N) is 3. The molecule has 5 rings (SSSR count). The average Bonchev–Trinajstić information content (AvgIpc) is 3.44. The van der Waals surface area contributed by atoms with Crippen molar-refractivity contribution in [1.29, 1.82) is 0 Å². The number of hydrogen-bond donors (Lipinski definition) is 1. The number of imidazole rings is 1. The van der Waals surface area contributed by atoms with Crippen molar-refractivity contribution in [2.24, 2.45) is 5.92 Å². The summed E-state index contributed by atoms with van der Waals surface area (Å²) in [5.74, 6) is 0.591. The molecule has 2 aliphatic rings. The Balaban J connectivity index is 1.24. The maximum absolute atomic E-state index is 12.7. The highest BCUT2D eigenvalue weighted by molar-refractivity contribution is 7.99. The monoisotopic (exact) mass is 418 g/mol. The first-order valence-corrected chi connectivity index (χ1v) is 11.0. The van der Waals surface area contributed by atoms with Crippen molar-refractivity contribution in [3.05, 3.63) is 60.3 Å². The summed E-state index contributed by atoms with van der Waals surface area (Å²) in [7, 11) is 0. The van der Waals surface area contributed by atoms with E-state index in [0.717, 1.165) is 45.6 Å². The van der Waals surface area contributed by atoms with E-state index in [1.54, 1.807) is 16.7 Å². The van der Waals surface area contributed by atoms with Crippen molar-refractivity contribution in [2.75, 3.05) is 22.5 Å². The smallest absolute Gasteiger partial charge is 0.229 e. The van der Waals surface area contributed by atoms with Crippen molar-refractivity contribution >= 4 is 35.0 Å². The molecule has 1 saturated heterocycles. The molecule has 1 aromatic heterocycles. The second-order valence-electron chi connectivity index (χ2n) is 7.76. The van der Waals surface area contributed by atoms with E-state index in [0.29, 0.717) is 6.54 Å². The largest absolute Gasteiger partial charge is 0.326 e. The Kier molecular flexibility index (Phi) is 4.83. The number of amides is 2. The summed E-state index contributed by atoms with van der Waals surface area (Å²) >= 11 is 1.77. The summed E-state index contributed by atoms with van der Waals surface area (Å²) in [6.07, 6.45) is 2.31. The first kappa shape index (κ1) is 18.9. The standard InChI is InChI=1S/C23H22N4O2S/c1-15-2-8-19(9-3-15)27-13-17(12-21(27)28)22(29)24-18-6-4-16(5-7-18)20-14-26-10-11-30-23(26)25-20/h2-9,14,17H,10-13H2,1H3,(H,24,29). The highest BCUT2D eigenvalue weighted by atomic mass is 32.2. The Labute approximate surface area is 179 Å². The topological polar surface area (TPSA) is 67.2 Å². The molecule has 0 saturated carbocycles. The van der Waals surface area contributed by atoms with Crippen LogP contribution in [0.15, 0.2) is 59.9 Å². The molecule has 3 aromatic rings. The quantitative estimate of drug-likeness (QED) is 0.697. The molecule has 1 unspecified atom stereocenters. The number of rotatable bonds is 4. The lowest BCUT2D eigenvalue weighted by molar-refractivity contribution is -0.122. The van der Waals surface area contributed by atoms with Crippen LogP contribution in [-0.4, -0.2) is 33.7 Å². The highest BCUT2D eigenvalue weighted by Gasteiger charge is 2.35. The molecule has 0 aliphatic carbocycles. The minimum atomic E-state index is -0.355. The van der Waals surface area contributed by atoms with Gasteiger partial charge in [0.2, 0.25) is 11.8 Å². The van der Waals surface area contributed by atoms with Gasteiger partial charge in [0.1, 0.15) is 0 Å². The van der Waals surface area contributed by atoms with Crippen LogP contribution in [0.25, 0.3) is 11.3 Å². The normalized spacial score (nSPS) is 18.0. The van der Waals surface area contributed by atoms with Crippen LogP contribution in [-0.2, 0) is 16.1 Å². The third kappa shape index (κ3) is 3.61. The second kappa shape index (κ2) is 7.65. The maximum Gasteiger partial charge on any atom is 0.229 e. The number of thioether (sulfide) groups is 1. The molecule has 1 fully saturated rings. The number of aromatic nitrogens is 2. The Bertz CT molecular complexity index is 1080. The van der Waals surface area contributed by atoms with Gasteiger partial charge >= 0.3 is 0 Å². The van der Waals surface area contributed by atoms with Crippen molar-refractivity contribution < 1.29 is 9.59 Å². The number of nitrogens with one attached hydrogen (secondary N) is 1. The Morgan fingerprint density at radius 1 is 1.13 bits per heavy atom. The van der Waals surface area contributed by atoms with Gasteiger partial charge in [-0.25, -0.2) is 4.98 Å². The van der Waals surface area contributed by atoms with Gasteiger partial charge in [-0.2, -0.15) is 0 Å². The van der Waals surface area contributed by atoms with Crippen LogP contribution in [0.4, 0.5) is 11.4 Å². The number of fused-ring (bicyclic) bond motifs is 1. The van der Waals surface area contributed by atoms with Crippen LogP contribution in [0.2, 0.25) is 0 Å². The van der Waals surface area contributed by atoms with E-state index in [-0.39, 0.29) is 24.2 Å². The Hall–Kier alpha value is -3.06. The second-order valence-corrected chi connectivity index (χ2v) is 8.82. The van der Waals surface area contributed by atoms with E-state index in [2.05, 4.69) is 21.1 Å². The molecule has 0 bridgehead atoms. The van der Waals surface area contributed by atoms with Crippen LogP contribution in [0.5, 0.6) is 0 Å². The number of carbonyl (C=O) groups excluding carboxylic acids is 2. The molecule has 2 aliphatic heterocycles. The van der Waals surface area contributed by atoms with Gasteiger partial charge in [-0.15, -0.1) is 0 Å². The van der Waals surface area contributed by atoms with Crippen LogP contribution >= 0.6 is 11.8 Å². The molecule has 2 aromatic carbocycles. The number of anilines is 2. The van der Waals surface area contributed by atoms with Gasteiger partial charge < -0.3 is 14.8 Å². The van der Waals surface area contributed by atoms with Gasteiger partial charge in [-0.3, -0.25) is 9.59 Å². The van der Waals surface area contributed by atoms with Gasteiger partial charge in [-0.1, -0.05) is 41.6 Å². The van der Waals surface area contributed by atoms with Gasteiger partial charge in [-0.05, 0) is 31.2 Å². The molecule has 6 nitrogen and oxygen atoms in total. The van der Waals surface area contributed by atoms with Crippen molar-refractivity contribution in [3.8, 4) is 11.3 Å². The predicted molar refractivity (Wildman–Crippen MR) is 119 cm³/mol. The molecule has 1 N–H and O–H groups in total. The van der Waals surface area contributed by atoms with Gasteiger partial charge in [0.25, 0.3) is 0 Å². The van der Waals surface area contributed by atoms with Crippen molar-refractivity contribution in [1.82, 2.24) is 9.55 Å². The lowest BCUT2D eigenvalue weighted by Gasteiger charge is -2.17. The Morgan fingerprint density at radius 3 is 2.63 bits per heavy atom. The molecule has 0 spiro atoms. The van der Waals surface area contributed by atoms with Gasteiger partial charge in [0, 0.05) is 48.4 Å². The first-order chi connectivity index (χ1) is 14.6.